The Morgan fingerprint density at radius 3 is 2.61 bits per heavy atom. The Morgan fingerprint density at radius 1 is 1.33 bits per heavy atom. The van der Waals surface area contributed by atoms with E-state index in [-0.39, 0.29) is 10.6 Å². The van der Waals surface area contributed by atoms with Gasteiger partial charge in [-0.3, -0.25) is 14.2 Å². The summed E-state index contributed by atoms with van der Waals surface area (Å²) in [7, 11) is 1.25. The average Bonchev–Trinajstić information content (AvgIpc) is 2.37. The fraction of sp³-hybridized carbons (Fsp3) is 0.0833. The lowest BCUT2D eigenvalue weighted by molar-refractivity contribution is 0.111. The van der Waals surface area contributed by atoms with Gasteiger partial charge in [0.1, 0.15) is 6.93 Å². The fourth-order valence-corrected chi connectivity index (χ4v) is 2.27. The van der Waals surface area contributed by atoms with Gasteiger partial charge in [0.05, 0.1) is 5.03 Å². The van der Waals surface area contributed by atoms with Gasteiger partial charge in [-0.15, -0.1) is 0 Å². The van der Waals surface area contributed by atoms with Gasteiger partial charge in [0.2, 0.25) is 0 Å². The second kappa shape index (κ2) is 5.05. The van der Waals surface area contributed by atoms with Gasteiger partial charge >= 0.3 is 5.69 Å². The predicted molar refractivity (Wildman–Crippen MR) is 68.3 cm³/mol. The molecule has 6 heteroatoms. The van der Waals surface area contributed by atoms with Gasteiger partial charge in [0.25, 0.3) is 5.56 Å². The van der Waals surface area contributed by atoms with Crippen molar-refractivity contribution in [2.24, 2.45) is 7.05 Å². The molecule has 0 saturated carbocycles. The lowest BCUT2D eigenvalue weighted by Crippen LogP contribution is -2.35. The van der Waals surface area contributed by atoms with Crippen molar-refractivity contribution in [1.29, 1.82) is 0 Å². The number of aromatic nitrogens is 2. The van der Waals surface area contributed by atoms with Crippen molar-refractivity contribution in [2.75, 3.05) is 0 Å². The summed E-state index contributed by atoms with van der Waals surface area (Å²) in [4.78, 5) is 37.8. The molecule has 1 heterocycles. The number of nitrogens with zero attached hydrogens (tertiary/aromatic N) is 1. The van der Waals surface area contributed by atoms with Gasteiger partial charge in [-0.1, -0.05) is 30.0 Å². The second-order valence-corrected chi connectivity index (χ2v) is 4.60. The number of aldehydes is 1. The molecule has 0 unspecified atom stereocenters. The molecule has 0 amide bonds. The molecule has 0 radical (unpaired) electrons. The van der Waals surface area contributed by atoms with Gasteiger partial charge in [-0.25, -0.2) is 4.79 Å². The van der Waals surface area contributed by atoms with E-state index in [9.17, 15) is 14.4 Å². The molecular formula is C12H10N2O3S. The number of H-pyrrole nitrogens is 1. The molecule has 18 heavy (non-hydrogen) atoms. The lowest BCUT2D eigenvalue weighted by Gasteiger charge is -2.05. The highest BCUT2D eigenvalue weighted by Crippen LogP contribution is 2.25. The third-order valence-electron chi connectivity index (χ3n) is 2.34. The topological polar surface area (TPSA) is 71.9 Å². The molecule has 0 aliphatic heterocycles. The quantitative estimate of drug-likeness (QED) is 0.663. The van der Waals surface area contributed by atoms with E-state index in [1.807, 2.05) is 6.07 Å². The van der Waals surface area contributed by atoms with Crippen LogP contribution in [0.4, 0.5) is 0 Å². The highest BCUT2D eigenvalue weighted by atomic mass is 32.2. The lowest BCUT2D eigenvalue weighted by atomic mass is 10.4. The Kier molecular flexibility index (Phi) is 3.10. The number of hydrogen-bond acceptors (Lipinski definition) is 4. The first-order chi connectivity index (χ1) is 9.00. The maximum absolute atomic E-state index is 11.8. The fourth-order valence-electron chi connectivity index (χ4n) is 1.37. The summed E-state index contributed by atoms with van der Waals surface area (Å²) in [5.41, 5.74) is -1.70. The Bertz CT molecular complexity index is 737. The first-order valence-corrected chi connectivity index (χ1v) is 5.89. The summed E-state index contributed by atoms with van der Waals surface area (Å²) in [6, 6.07) is 8.97. The van der Waals surface area contributed by atoms with Gasteiger partial charge in [0, 0.05) is 11.9 Å². The maximum Gasteiger partial charge on any atom is 0.328 e. The molecule has 1 N–H and O–H groups in total. The predicted octanol–water partition coefficient (Wildman–Crippen LogP) is 1.04. The van der Waals surface area contributed by atoms with Crippen molar-refractivity contribution >= 4 is 18.0 Å². The maximum atomic E-state index is 11.8. The number of nitrogens with one attached hydrogen (secondary N) is 1. The van der Waals surface area contributed by atoms with Gasteiger partial charge in [-0.2, -0.15) is 0 Å². The number of carbonyl (C=O) groups is 1. The molecule has 1 aromatic carbocycles. The Hall–Kier alpha value is -2.08. The number of aromatic amines is 1. The van der Waals surface area contributed by atoms with Crippen LogP contribution in [0.3, 0.4) is 0 Å². The summed E-state index contributed by atoms with van der Waals surface area (Å²) < 4.78 is 7.92. The monoisotopic (exact) mass is 263 g/mol. The smallest absolute Gasteiger partial charge is 0.301 e. The molecule has 0 bridgehead atoms. The summed E-state index contributed by atoms with van der Waals surface area (Å²) >= 11 is 1.07. The Labute approximate surface area is 108 Å². The van der Waals surface area contributed by atoms with E-state index in [0.29, 0.717) is 0 Å². The molecule has 0 spiro atoms. The minimum atomic E-state index is -1.12. The van der Waals surface area contributed by atoms with Crippen LogP contribution in [-0.4, -0.2) is 15.8 Å². The molecule has 0 atom stereocenters. The SMILES string of the molecule is [2H]C(=O)c1c(Sc2ccccc2)[nH]c(=O)n(C)c1=O. The van der Waals surface area contributed by atoms with Crippen LogP contribution in [0, 0.1) is 0 Å². The minimum absolute atomic E-state index is 0.0966. The molecule has 0 aliphatic carbocycles. The van der Waals surface area contributed by atoms with E-state index in [1.54, 1.807) is 24.3 Å². The molecule has 0 saturated heterocycles. The van der Waals surface area contributed by atoms with E-state index in [0.717, 1.165) is 21.2 Å². The highest BCUT2D eigenvalue weighted by Gasteiger charge is 2.12. The zero-order chi connectivity index (χ0) is 14.0. The van der Waals surface area contributed by atoms with E-state index < -0.39 is 17.5 Å². The number of rotatable bonds is 3. The number of carbonyl (C=O) groups excluding carboxylic acids is 1. The second-order valence-electron chi connectivity index (χ2n) is 3.52. The summed E-state index contributed by atoms with van der Waals surface area (Å²) in [6.45, 7) is 0. The largest absolute Gasteiger partial charge is 0.328 e. The van der Waals surface area contributed by atoms with Crippen LogP contribution in [0.25, 0.3) is 0 Å². The van der Waals surface area contributed by atoms with Gasteiger partial charge in [-0.05, 0) is 12.1 Å². The molecule has 5 nitrogen and oxygen atoms in total. The molecular weight excluding hydrogens is 252 g/mol. The molecule has 1 aromatic heterocycles. The molecule has 2 rings (SSSR count). The van der Waals surface area contributed by atoms with Crippen molar-refractivity contribution in [1.82, 2.24) is 9.55 Å². The Morgan fingerprint density at radius 2 is 2.00 bits per heavy atom. The summed E-state index contributed by atoms with van der Waals surface area (Å²) in [6.07, 6.45) is -1.12. The van der Waals surface area contributed by atoms with Crippen LogP contribution in [0.2, 0.25) is 0 Å². The molecule has 92 valence electrons. The highest BCUT2D eigenvalue weighted by molar-refractivity contribution is 7.99. The molecule has 0 fully saturated rings. The number of benzene rings is 1. The molecule has 2 aromatic rings. The molecule has 0 aliphatic rings. The third kappa shape index (κ3) is 2.28. The normalized spacial score (nSPS) is 11.1. The van der Waals surface area contributed by atoms with Crippen LogP contribution in [-0.2, 0) is 7.05 Å². The van der Waals surface area contributed by atoms with Crippen molar-refractivity contribution in [3.8, 4) is 0 Å². The van der Waals surface area contributed by atoms with Gasteiger partial charge < -0.3 is 4.98 Å². The standard InChI is InChI=1S/C12H10N2O3S/c1-14-11(16)9(7-15)10(13-12(14)17)18-8-5-3-2-4-6-8/h2-7H,1H3,(H,13,17)/i7D. The van der Waals surface area contributed by atoms with E-state index in [1.165, 1.54) is 7.05 Å². The van der Waals surface area contributed by atoms with Crippen LogP contribution >= 0.6 is 11.8 Å². The Balaban J connectivity index is 2.60. The van der Waals surface area contributed by atoms with Crippen LogP contribution < -0.4 is 11.2 Å². The summed E-state index contributed by atoms with van der Waals surface area (Å²) in [5, 5.41) is 0.0966. The van der Waals surface area contributed by atoms with E-state index in [4.69, 9.17) is 1.37 Å². The van der Waals surface area contributed by atoms with E-state index >= 15 is 0 Å². The number of hydrogen-bond donors (Lipinski definition) is 1. The van der Waals surface area contributed by atoms with E-state index in [2.05, 4.69) is 4.98 Å². The zero-order valence-electron chi connectivity index (χ0n) is 10.5. The third-order valence-corrected chi connectivity index (χ3v) is 3.35. The van der Waals surface area contributed by atoms with Crippen molar-refractivity contribution in [3.63, 3.8) is 0 Å². The summed E-state index contributed by atoms with van der Waals surface area (Å²) in [5.74, 6) is 0. The van der Waals surface area contributed by atoms with Crippen molar-refractivity contribution in [2.45, 2.75) is 9.92 Å². The van der Waals surface area contributed by atoms with Crippen molar-refractivity contribution in [3.05, 3.63) is 56.7 Å². The van der Waals surface area contributed by atoms with Crippen LogP contribution in [0.15, 0.2) is 49.8 Å². The van der Waals surface area contributed by atoms with Crippen molar-refractivity contribution < 1.29 is 6.17 Å². The van der Waals surface area contributed by atoms with Gasteiger partial charge in [0.15, 0.2) is 6.26 Å². The van der Waals surface area contributed by atoms with Crippen LogP contribution in [0.1, 0.15) is 11.7 Å². The average molecular weight is 263 g/mol. The first kappa shape index (κ1) is 11.0. The van der Waals surface area contributed by atoms with Crippen LogP contribution in [0.5, 0.6) is 0 Å². The minimum Gasteiger partial charge on any atom is -0.301 e. The zero-order valence-corrected chi connectivity index (χ0v) is 10.3. The first-order valence-electron chi connectivity index (χ1n) is 5.58.